The van der Waals surface area contributed by atoms with Gasteiger partial charge < -0.3 is 14.9 Å². The van der Waals surface area contributed by atoms with Crippen LogP contribution in [0.15, 0.2) is 46.3 Å². The first-order valence-electron chi connectivity index (χ1n) is 11.0. The highest BCUT2D eigenvalue weighted by molar-refractivity contribution is 7.93. The molecule has 0 radical (unpaired) electrons. The second-order valence-corrected chi connectivity index (χ2v) is 11.8. The zero-order valence-corrected chi connectivity index (χ0v) is 19.5. The van der Waals surface area contributed by atoms with Gasteiger partial charge in [-0.05, 0) is 69.7 Å². The smallest absolute Gasteiger partial charge is 0.274 e. The van der Waals surface area contributed by atoms with Gasteiger partial charge in [0.2, 0.25) is 0 Å². The summed E-state index contributed by atoms with van der Waals surface area (Å²) in [6.45, 7) is 5.95. The molecular formula is C24H32N4O2S. The molecule has 1 fully saturated rings. The van der Waals surface area contributed by atoms with Gasteiger partial charge in [0, 0.05) is 57.8 Å². The fourth-order valence-electron chi connectivity index (χ4n) is 4.44. The van der Waals surface area contributed by atoms with E-state index in [1.165, 1.54) is 12.8 Å². The van der Waals surface area contributed by atoms with E-state index in [0.717, 1.165) is 41.0 Å². The number of hydrogen-bond acceptors (Lipinski definition) is 4. The highest BCUT2D eigenvalue weighted by atomic mass is 32.2. The van der Waals surface area contributed by atoms with Crippen molar-refractivity contribution >= 4 is 26.3 Å². The van der Waals surface area contributed by atoms with Crippen LogP contribution < -0.4 is 10.9 Å². The van der Waals surface area contributed by atoms with Gasteiger partial charge in [0.05, 0.1) is 9.73 Å². The first-order chi connectivity index (χ1) is 14.7. The third kappa shape index (κ3) is 4.03. The quantitative estimate of drug-likeness (QED) is 0.500. The van der Waals surface area contributed by atoms with E-state index in [-0.39, 0.29) is 10.8 Å². The summed E-state index contributed by atoms with van der Waals surface area (Å²) < 4.78 is 23.2. The number of pyridine rings is 1. The van der Waals surface area contributed by atoms with Crippen LogP contribution >= 0.6 is 0 Å². The summed E-state index contributed by atoms with van der Waals surface area (Å²) in [6, 6.07) is 7.97. The van der Waals surface area contributed by atoms with Crippen molar-refractivity contribution in [2.45, 2.75) is 62.6 Å². The summed E-state index contributed by atoms with van der Waals surface area (Å²) in [4.78, 5) is 16.1. The van der Waals surface area contributed by atoms with E-state index in [0.29, 0.717) is 16.5 Å². The molecule has 31 heavy (non-hydrogen) atoms. The van der Waals surface area contributed by atoms with Gasteiger partial charge in [-0.3, -0.25) is 4.79 Å². The predicted octanol–water partition coefficient (Wildman–Crippen LogP) is 5.34. The SMILES string of the molecule is CC1CCC(Nc2ccc(S(=N)(=O)C(C)C)cc2-c2cn(C)c(=O)c3[nH]ccc23)CC1. The zero-order valence-electron chi connectivity index (χ0n) is 18.7. The van der Waals surface area contributed by atoms with E-state index in [2.05, 4.69) is 17.2 Å². The number of aromatic amines is 1. The predicted molar refractivity (Wildman–Crippen MR) is 128 cm³/mol. The zero-order chi connectivity index (χ0) is 22.3. The third-order valence-electron chi connectivity index (χ3n) is 6.56. The molecular weight excluding hydrogens is 408 g/mol. The molecule has 3 aromatic rings. The Morgan fingerprint density at radius 2 is 1.87 bits per heavy atom. The van der Waals surface area contributed by atoms with E-state index in [1.807, 2.05) is 44.3 Å². The maximum absolute atomic E-state index is 13.1. The maximum atomic E-state index is 13.1. The van der Waals surface area contributed by atoms with Crippen LogP contribution in [-0.4, -0.2) is 25.1 Å². The van der Waals surface area contributed by atoms with Crippen molar-refractivity contribution in [3.05, 3.63) is 47.0 Å². The minimum Gasteiger partial charge on any atom is -0.382 e. The Balaban J connectivity index is 1.89. The fraction of sp³-hybridized carbons (Fsp3) is 0.458. The number of aromatic nitrogens is 2. The van der Waals surface area contributed by atoms with E-state index < -0.39 is 9.73 Å². The van der Waals surface area contributed by atoms with Gasteiger partial charge in [0.1, 0.15) is 5.52 Å². The molecule has 1 aliphatic carbocycles. The van der Waals surface area contributed by atoms with Gasteiger partial charge >= 0.3 is 0 Å². The lowest BCUT2D eigenvalue weighted by Crippen LogP contribution is -2.25. The number of benzene rings is 1. The van der Waals surface area contributed by atoms with Gasteiger partial charge in [-0.15, -0.1) is 0 Å². The van der Waals surface area contributed by atoms with E-state index in [1.54, 1.807) is 17.8 Å². The largest absolute Gasteiger partial charge is 0.382 e. The van der Waals surface area contributed by atoms with Crippen LogP contribution in [0.2, 0.25) is 0 Å². The number of aryl methyl sites for hydroxylation is 1. The second kappa shape index (κ2) is 8.19. The average molecular weight is 441 g/mol. The van der Waals surface area contributed by atoms with Crippen molar-refractivity contribution in [1.82, 2.24) is 9.55 Å². The van der Waals surface area contributed by atoms with Gasteiger partial charge in [-0.25, -0.2) is 8.99 Å². The number of anilines is 1. The molecule has 0 spiro atoms. The maximum Gasteiger partial charge on any atom is 0.274 e. The Kier molecular flexibility index (Phi) is 5.73. The lowest BCUT2D eigenvalue weighted by molar-refractivity contribution is 0.361. The Hall–Kier alpha value is -2.54. The Labute approximate surface area is 184 Å². The molecule has 0 aliphatic heterocycles. The van der Waals surface area contributed by atoms with Crippen molar-refractivity contribution in [3.63, 3.8) is 0 Å². The minimum atomic E-state index is -2.93. The molecule has 0 amide bonds. The van der Waals surface area contributed by atoms with Crippen molar-refractivity contribution < 1.29 is 4.21 Å². The van der Waals surface area contributed by atoms with Crippen LogP contribution in [0.1, 0.15) is 46.5 Å². The summed E-state index contributed by atoms with van der Waals surface area (Å²) >= 11 is 0. The highest BCUT2D eigenvalue weighted by Crippen LogP contribution is 2.37. The molecule has 166 valence electrons. The fourth-order valence-corrected chi connectivity index (χ4v) is 5.55. The van der Waals surface area contributed by atoms with Crippen molar-refractivity contribution in [3.8, 4) is 11.1 Å². The molecule has 0 saturated heterocycles. The molecule has 2 heterocycles. The molecule has 1 unspecified atom stereocenters. The third-order valence-corrected chi connectivity index (χ3v) is 8.85. The second-order valence-electron chi connectivity index (χ2n) is 9.18. The van der Waals surface area contributed by atoms with Crippen LogP contribution in [-0.2, 0) is 16.8 Å². The normalized spacial score (nSPS) is 21.3. The molecule has 7 heteroatoms. The molecule has 1 aromatic carbocycles. The first-order valence-corrected chi connectivity index (χ1v) is 12.7. The van der Waals surface area contributed by atoms with Crippen LogP contribution in [0.5, 0.6) is 0 Å². The summed E-state index contributed by atoms with van der Waals surface area (Å²) in [6.07, 6.45) is 8.28. The van der Waals surface area contributed by atoms with E-state index >= 15 is 0 Å². The lowest BCUT2D eigenvalue weighted by atomic mass is 9.87. The van der Waals surface area contributed by atoms with Gasteiger partial charge in [0.25, 0.3) is 5.56 Å². The number of fused-ring (bicyclic) bond motifs is 1. The number of nitrogens with one attached hydrogen (secondary N) is 3. The number of rotatable bonds is 5. The standard InChI is InChI=1S/C24H32N4O2S/c1-15(2)31(25,30)18-9-10-22(27-17-7-5-16(3)6-8-17)20(13-18)21-14-28(4)24(29)23-19(21)11-12-26-23/h9-17,25-27H,5-8H2,1-4H3. The van der Waals surface area contributed by atoms with Gasteiger partial charge in [-0.2, -0.15) is 0 Å². The Morgan fingerprint density at radius 1 is 1.16 bits per heavy atom. The van der Waals surface area contributed by atoms with Crippen molar-refractivity contribution in [2.75, 3.05) is 5.32 Å². The summed E-state index contributed by atoms with van der Waals surface area (Å²) in [7, 11) is -1.18. The molecule has 1 atom stereocenters. The van der Waals surface area contributed by atoms with Crippen molar-refractivity contribution in [1.29, 1.82) is 4.78 Å². The molecule has 3 N–H and O–H groups in total. The van der Waals surface area contributed by atoms with E-state index in [9.17, 15) is 9.00 Å². The summed E-state index contributed by atoms with van der Waals surface area (Å²) in [5.74, 6) is 0.766. The molecule has 6 nitrogen and oxygen atoms in total. The van der Waals surface area contributed by atoms with Crippen LogP contribution in [0.3, 0.4) is 0 Å². The topological polar surface area (TPSA) is 90.7 Å². The van der Waals surface area contributed by atoms with Gasteiger partial charge in [-0.1, -0.05) is 6.92 Å². The average Bonchev–Trinajstić information content (AvgIpc) is 3.23. The number of nitrogens with zero attached hydrogens (tertiary/aromatic N) is 1. The molecule has 1 aliphatic rings. The minimum absolute atomic E-state index is 0.0813. The summed E-state index contributed by atoms with van der Waals surface area (Å²) in [5, 5.41) is 4.26. The summed E-state index contributed by atoms with van der Waals surface area (Å²) in [5.41, 5.74) is 3.21. The molecule has 0 bridgehead atoms. The van der Waals surface area contributed by atoms with Crippen molar-refractivity contribution in [2.24, 2.45) is 13.0 Å². The Bertz CT molecular complexity index is 1260. The molecule has 2 aromatic heterocycles. The van der Waals surface area contributed by atoms with Gasteiger partial charge in [0.15, 0.2) is 0 Å². The Morgan fingerprint density at radius 3 is 2.55 bits per heavy atom. The monoisotopic (exact) mass is 440 g/mol. The highest BCUT2D eigenvalue weighted by Gasteiger charge is 2.22. The molecule has 4 rings (SSSR count). The first kappa shape index (κ1) is 21.7. The number of hydrogen-bond donors (Lipinski definition) is 3. The van der Waals surface area contributed by atoms with Crippen LogP contribution in [0.4, 0.5) is 5.69 Å². The lowest BCUT2D eigenvalue weighted by Gasteiger charge is -2.29. The van der Waals surface area contributed by atoms with Crippen LogP contribution in [0.25, 0.3) is 22.0 Å². The molecule has 1 saturated carbocycles. The van der Waals surface area contributed by atoms with Crippen LogP contribution in [0, 0.1) is 10.7 Å². The van der Waals surface area contributed by atoms with E-state index in [4.69, 9.17) is 4.78 Å². The number of H-pyrrole nitrogens is 1.